The molecular weight excluding hydrogens is 448 g/mol. The van der Waals surface area contributed by atoms with Gasteiger partial charge in [-0.15, -0.1) is 0 Å². The van der Waals surface area contributed by atoms with Gasteiger partial charge < -0.3 is 19.5 Å². The molecular formula is C30H34N4O2. The number of aromatic hydroxyl groups is 1. The topological polar surface area (TPSA) is 61.1 Å². The minimum Gasteiger partial charge on any atom is -0.494 e. The highest BCUT2D eigenvalue weighted by atomic mass is 16.3. The Morgan fingerprint density at radius 1 is 0.917 bits per heavy atom. The second kappa shape index (κ2) is 10.4. The molecule has 1 N–H and O–H groups in total. The molecule has 4 rings (SSSR count). The van der Waals surface area contributed by atoms with Crippen LogP contribution >= 0.6 is 0 Å². The number of carbonyl (C=O) groups is 1. The molecule has 1 amide bonds. The molecule has 0 unspecified atom stereocenters. The molecule has 36 heavy (non-hydrogen) atoms. The SMILES string of the molecule is CC(C)n1c(O)c(C(=Nc2cccc(CN(C)C)c2)c2ccccc2)c2ccc(C(=O)N(C)C)cc21. The van der Waals surface area contributed by atoms with Crippen molar-refractivity contribution in [1.29, 1.82) is 0 Å². The van der Waals surface area contributed by atoms with Crippen molar-refractivity contribution in [2.75, 3.05) is 28.2 Å². The molecule has 0 atom stereocenters. The third kappa shape index (κ3) is 5.04. The Labute approximate surface area is 213 Å². The van der Waals surface area contributed by atoms with Gasteiger partial charge in [0, 0.05) is 43.2 Å². The summed E-state index contributed by atoms with van der Waals surface area (Å²) in [5.74, 6) is 0.0607. The maximum atomic E-state index is 12.7. The van der Waals surface area contributed by atoms with Crippen molar-refractivity contribution in [2.45, 2.75) is 26.4 Å². The molecule has 6 heteroatoms. The van der Waals surface area contributed by atoms with Crippen LogP contribution in [-0.2, 0) is 6.54 Å². The van der Waals surface area contributed by atoms with E-state index in [0.29, 0.717) is 16.8 Å². The van der Waals surface area contributed by atoms with Gasteiger partial charge >= 0.3 is 0 Å². The first kappa shape index (κ1) is 25.2. The highest BCUT2D eigenvalue weighted by Crippen LogP contribution is 2.37. The van der Waals surface area contributed by atoms with E-state index < -0.39 is 0 Å². The van der Waals surface area contributed by atoms with Gasteiger partial charge in [0.15, 0.2) is 0 Å². The van der Waals surface area contributed by atoms with Gasteiger partial charge in [-0.2, -0.15) is 0 Å². The second-order valence-corrected chi connectivity index (χ2v) is 9.83. The number of fused-ring (bicyclic) bond motifs is 1. The van der Waals surface area contributed by atoms with Crippen LogP contribution < -0.4 is 0 Å². The molecule has 1 heterocycles. The molecule has 1 aromatic heterocycles. The first-order chi connectivity index (χ1) is 17.2. The smallest absolute Gasteiger partial charge is 0.253 e. The van der Waals surface area contributed by atoms with Crippen molar-refractivity contribution in [3.05, 3.63) is 95.1 Å². The molecule has 6 nitrogen and oxygen atoms in total. The van der Waals surface area contributed by atoms with E-state index in [1.807, 2.05) is 93.2 Å². The Morgan fingerprint density at radius 2 is 1.64 bits per heavy atom. The summed E-state index contributed by atoms with van der Waals surface area (Å²) in [6.45, 7) is 4.85. The molecule has 0 spiro atoms. The molecule has 0 saturated carbocycles. The maximum absolute atomic E-state index is 12.7. The van der Waals surface area contributed by atoms with Crippen LogP contribution in [0, 0.1) is 0 Å². The number of hydrogen-bond acceptors (Lipinski definition) is 4. The summed E-state index contributed by atoms with van der Waals surface area (Å²) in [5.41, 5.74) is 5.61. The highest BCUT2D eigenvalue weighted by Gasteiger charge is 2.24. The predicted molar refractivity (Wildman–Crippen MR) is 148 cm³/mol. The lowest BCUT2D eigenvalue weighted by Crippen LogP contribution is -2.21. The molecule has 0 aliphatic rings. The summed E-state index contributed by atoms with van der Waals surface area (Å²) in [4.78, 5) is 21.5. The minimum atomic E-state index is -0.0795. The molecule has 0 bridgehead atoms. The van der Waals surface area contributed by atoms with Crippen molar-refractivity contribution in [3.8, 4) is 5.88 Å². The molecule has 0 aliphatic heterocycles. The zero-order valence-electron chi connectivity index (χ0n) is 21.9. The summed E-state index contributed by atoms with van der Waals surface area (Å²) < 4.78 is 1.87. The van der Waals surface area contributed by atoms with Crippen LogP contribution in [0.2, 0.25) is 0 Å². The van der Waals surface area contributed by atoms with E-state index >= 15 is 0 Å². The highest BCUT2D eigenvalue weighted by molar-refractivity contribution is 6.22. The van der Waals surface area contributed by atoms with Crippen molar-refractivity contribution in [2.24, 2.45) is 4.99 Å². The normalized spacial score (nSPS) is 12.1. The molecule has 186 valence electrons. The Balaban J connectivity index is 1.99. The van der Waals surface area contributed by atoms with E-state index in [4.69, 9.17) is 4.99 Å². The predicted octanol–water partition coefficient (Wildman–Crippen LogP) is 5.86. The number of hydrogen-bond donors (Lipinski definition) is 1. The zero-order chi connectivity index (χ0) is 26.0. The quantitative estimate of drug-likeness (QED) is 0.336. The Bertz CT molecular complexity index is 1420. The molecule has 3 aromatic carbocycles. The van der Waals surface area contributed by atoms with E-state index in [2.05, 4.69) is 17.0 Å². The largest absolute Gasteiger partial charge is 0.494 e. The monoisotopic (exact) mass is 482 g/mol. The van der Waals surface area contributed by atoms with Gasteiger partial charge in [0.2, 0.25) is 5.88 Å². The van der Waals surface area contributed by atoms with Gasteiger partial charge in [-0.3, -0.25) is 4.79 Å². The number of carbonyl (C=O) groups excluding carboxylic acids is 1. The van der Waals surface area contributed by atoms with Crippen LogP contribution in [0.15, 0.2) is 77.8 Å². The van der Waals surface area contributed by atoms with Crippen LogP contribution in [0.3, 0.4) is 0 Å². The van der Waals surface area contributed by atoms with Crippen LogP contribution in [0.4, 0.5) is 5.69 Å². The molecule has 0 saturated heterocycles. The maximum Gasteiger partial charge on any atom is 0.253 e. The average molecular weight is 483 g/mol. The standard InChI is InChI=1S/C30H34N4O2/c1-20(2)34-26-18-23(29(35)33(5)6)15-16-25(26)27(30(34)36)28(22-12-8-7-9-13-22)31-24-14-10-11-21(17-24)19-32(3)4/h7-18,20,36H,19H2,1-6H3. The fourth-order valence-electron chi connectivity index (χ4n) is 4.52. The van der Waals surface area contributed by atoms with E-state index in [1.165, 1.54) is 0 Å². The lowest BCUT2D eigenvalue weighted by molar-refractivity contribution is 0.0827. The van der Waals surface area contributed by atoms with E-state index in [0.717, 1.165) is 34.3 Å². The molecule has 0 radical (unpaired) electrons. The van der Waals surface area contributed by atoms with Crippen molar-refractivity contribution < 1.29 is 9.90 Å². The average Bonchev–Trinajstić information content (AvgIpc) is 3.13. The van der Waals surface area contributed by atoms with Gasteiger partial charge in [0.1, 0.15) is 0 Å². The Kier molecular flexibility index (Phi) is 7.27. The fourth-order valence-corrected chi connectivity index (χ4v) is 4.52. The summed E-state index contributed by atoms with van der Waals surface area (Å²) in [6, 6.07) is 23.7. The Hall–Kier alpha value is -3.90. The van der Waals surface area contributed by atoms with E-state index in [9.17, 15) is 9.90 Å². The number of aromatic nitrogens is 1. The zero-order valence-corrected chi connectivity index (χ0v) is 21.9. The number of aliphatic imine (C=N–C) groups is 1. The van der Waals surface area contributed by atoms with Crippen molar-refractivity contribution >= 4 is 28.2 Å². The lowest BCUT2D eigenvalue weighted by Gasteiger charge is -2.13. The first-order valence-electron chi connectivity index (χ1n) is 12.1. The van der Waals surface area contributed by atoms with Gasteiger partial charge in [-0.25, -0.2) is 4.99 Å². The minimum absolute atomic E-state index is 0.0219. The molecule has 0 fully saturated rings. The van der Waals surface area contributed by atoms with Crippen LogP contribution in [0.1, 0.15) is 46.9 Å². The Morgan fingerprint density at radius 3 is 2.28 bits per heavy atom. The van der Waals surface area contributed by atoms with Gasteiger partial charge in [-0.05, 0) is 57.8 Å². The summed E-state index contributed by atoms with van der Waals surface area (Å²) in [5, 5.41) is 12.4. The van der Waals surface area contributed by atoms with E-state index in [-0.39, 0.29) is 17.8 Å². The van der Waals surface area contributed by atoms with Crippen LogP contribution in [0.5, 0.6) is 5.88 Å². The summed E-state index contributed by atoms with van der Waals surface area (Å²) in [7, 11) is 7.56. The van der Waals surface area contributed by atoms with Crippen LogP contribution in [0.25, 0.3) is 10.9 Å². The first-order valence-corrected chi connectivity index (χ1v) is 12.1. The third-order valence-corrected chi connectivity index (χ3v) is 6.08. The van der Waals surface area contributed by atoms with Gasteiger partial charge in [0.25, 0.3) is 5.91 Å². The second-order valence-electron chi connectivity index (χ2n) is 9.83. The van der Waals surface area contributed by atoms with Crippen molar-refractivity contribution in [3.63, 3.8) is 0 Å². The number of benzene rings is 3. The third-order valence-electron chi connectivity index (χ3n) is 6.08. The van der Waals surface area contributed by atoms with Crippen molar-refractivity contribution in [1.82, 2.24) is 14.4 Å². The summed E-state index contributed by atoms with van der Waals surface area (Å²) in [6.07, 6.45) is 0. The number of amides is 1. The number of rotatable bonds is 7. The fraction of sp³-hybridized carbons (Fsp3) is 0.267. The molecule has 4 aromatic rings. The van der Waals surface area contributed by atoms with E-state index in [1.54, 1.807) is 19.0 Å². The lowest BCUT2D eigenvalue weighted by atomic mass is 10.00. The van der Waals surface area contributed by atoms with Crippen LogP contribution in [-0.4, -0.2) is 59.3 Å². The summed E-state index contributed by atoms with van der Waals surface area (Å²) >= 11 is 0. The van der Waals surface area contributed by atoms with Gasteiger partial charge in [-0.1, -0.05) is 48.5 Å². The molecule has 0 aliphatic carbocycles. The number of nitrogens with zero attached hydrogens (tertiary/aromatic N) is 4. The van der Waals surface area contributed by atoms with Gasteiger partial charge in [0.05, 0.1) is 22.5 Å².